The minimum atomic E-state index is -4.46. The van der Waals surface area contributed by atoms with Crippen LogP contribution in [-0.4, -0.2) is 119 Å². The van der Waals surface area contributed by atoms with Crippen LogP contribution in [0.3, 0.4) is 0 Å². The zero-order valence-electron chi connectivity index (χ0n) is 34.0. The second-order valence-electron chi connectivity index (χ2n) is 15.0. The molecular weight excluding hydrogens is 795 g/mol. The molecule has 320 valence electrons. The van der Waals surface area contributed by atoms with Crippen LogP contribution in [0.1, 0.15) is 31.9 Å². The van der Waals surface area contributed by atoms with Crippen LogP contribution < -0.4 is 35.0 Å². The Hall–Kier alpha value is -5.98. The number of anilines is 1. The van der Waals surface area contributed by atoms with Gasteiger partial charge in [0, 0.05) is 44.1 Å². The number of aromatic amines is 1. The van der Waals surface area contributed by atoms with Gasteiger partial charge in [-0.15, -0.1) is 0 Å². The molecule has 0 unspecified atom stereocenters. The van der Waals surface area contributed by atoms with E-state index in [-0.39, 0.29) is 74.7 Å². The van der Waals surface area contributed by atoms with E-state index in [9.17, 15) is 32.4 Å². The van der Waals surface area contributed by atoms with Crippen molar-refractivity contribution in [2.75, 3.05) is 58.0 Å². The molecule has 5 amide bonds. The topological polar surface area (TPSA) is 218 Å². The van der Waals surface area contributed by atoms with Crippen molar-refractivity contribution in [3.63, 3.8) is 0 Å². The molecule has 0 spiro atoms. The fraction of sp³-hybridized carbons (Fsp3) is 0.405. The minimum Gasteiger partial charge on any atom is -0.492 e. The van der Waals surface area contributed by atoms with Gasteiger partial charge < -0.3 is 44.9 Å². The molecule has 3 atom stereocenters. The molecule has 0 saturated carbocycles. The predicted molar refractivity (Wildman–Crippen MR) is 222 cm³/mol. The van der Waals surface area contributed by atoms with Gasteiger partial charge in [-0.25, -0.2) is 8.42 Å². The third kappa shape index (κ3) is 10.6. The molecule has 0 radical (unpaired) electrons. The van der Waals surface area contributed by atoms with Crippen molar-refractivity contribution in [2.24, 2.45) is 5.92 Å². The Bertz CT molecular complexity index is 2310. The Morgan fingerprint density at radius 3 is 2.47 bits per heavy atom. The third-order valence-corrected chi connectivity index (χ3v) is 11.8. The van der Waals surface area contributed by atoms with Crippen molar-refractivity contribution in [1.82, 2.24) is 30.6 Å². The molecule has 4 heterocycles. The zero-order chi connectivity index (χ0) is 43.0. The maximum Gasteiger partial charge on any atom is 0.246 e. The number of nitrogens with one attached hydrogen (secondary N) is 5. The van der Waals surface area contributed by atoms with E-state index >= 15 is 0 Å². The molecule has 0 saturated heterocycles. The normalized spacial score (nSPS) is 19.9. The number of rotatable bonds is 9. The summed E-state index contributed by atoms with van der Waals surface area (Å²) in [7, 11) is -3.01. The van der Waals surface area contributed by atoms with Crippen molar-refractivity contribution in [2.45, 2.75) is 56.6 Å². The molecule has 3 aliphatic heterocycles. The van der Waals surface area contributed by atoms with E-state index in [1.54, 1.807) is 44.3 Å². The van der Waals surface area contributed by atoms with E-state index in [2.05, 4.69) is 25.7 Å². The van der Waals surface area contributed by atoms with E-state index in [1.165, 1.54) is 42.0 Å². The van der Waals surface area contributed by atoms with Crippen LogP contribution in [-0.2, 0) is 51.6 Å². The SMILES string of the molecule is COCCN1CC(=O)N[C@@H](C(C)C)C(=O)NCCOc2ccc(cc2)C[C@H](NS(=O)(=O)c2ccc3c(c2)N(C(C)=O)CCO3)C(=O)N[C@@H](Cc2c[nH]c3ccccc23)C1=O. The number of hydrogen-bond donors (Lipinski definition) is 5. The first-order valence-corrected chi connectivity index (χ1v) is 21.2. The number of benzene rings is 3. The van der Waals surface area contributed by atoms with Gasteiger partial charge in [-0.2, -0.15) is 4.72 Å². The average molecular weight is 846 g/mol. The maximum atomic E-state index is 14.7. The first-order valence-electron chi connectivity index (χ1n) is 19.7. The quantitative estimate of drug-likeness (QED) is 0.154. The van der Waals surface area contributed by atoms with Gasteiger partial charge in [0.05, 0.1) is 36.8 Å². The summed E-state index contributed by atoms with van der Waals surface area (Å²) in [4.78, 5) is 74.2. The number of para-hydroxylation sites is 1. The predicted octanol–water partition coefficient (Wildman–Crippen LogP) is 1.65. The Labute approximate surface area is 348 Å². The van der Waals surface area contributed by atoms with Crippen LogP contribution in [0.5, 0.6) is 11.5 Å². The molecule has 3 aromatic carbocycles. The molecule has 3 aliphatic rings. The number of fused-ring (bicyclic) bond motifs is 19. The van der Waals surface area contributed by atoms with Crippen molar-refractivity contribution in [3.05, 3.63) is 84.1 Å². The van der Waals surface area contributed by atoms with Crippen LogP contribution in [0.25, 0.3) is 10.9 Å². The lowest BCUT2D eigenvalue weighted by molar-refractivity contribution is -0.141. The molecule has 4 aromatic rings. The molecule has 1 aromatic heterocycles. The lowest BCUT2D eigenvalue weighted by Crippen LogP contribution is -2.58. The van der Waals surface area contributed by atoms with E-state index < -0.39 is 58.3 Å². The van der Waals surface area contributed by atoms with Crippen LogP contribution in [0.2, 0.25) is 0 Å². The molecule has 7 rings (SSSR count). The van der Waals surface area contributed by atoms with Gasteiger partial charge in [-0.3, -0.25) is 24.0 Å². The molecule has 5 N–H and O–H groups in total. The molecule has 2 bridgehead atoms. The lowest BCUT2D eigenvalue weighted by Gasteiger charge is -2.30. The highest BCUT2D eigenvalue weighted by atomic mass is 32.2. The summed E-state index contributed by atoms with van der Waals surface area (Å²) in [6.45, 7) is 5.19. The number of sulfonamides is 1. The monoisotopic (exact) mass is 845 g/mol. The van der Waals surface area contributed by atoms with E-state index in [0.29, 0.717) is 22.6 Å². The number of ether oxygens (including phenoxy) is 3. The van der Waals surface area contributed by atoms with E-state index in [1.807, 2.05) is 24.3 Å². The van der Waals surface area contributed by atoms with Crippen LogP contribution >= 0.6 is 0 Å². The second-order valence-corrected chi connectivity index (χ2v) is 16.7. The first-order chi connectivity index (χ1) is 28.7. The summed E-state index contributed by atoms with van der Waals surface area (Å²) in [5, 5.41) is 9.18. The Morgan fingerprint density at radius 1 is 0.967 bits per heavy atom. The number of nitrogens with zero attached hydrogens (tertiary/aromatic N) is 2. The standard InChI is InChI=1S/C42H51N7O10S/c1-26(2)39-41(53)43-15-18-58-30-11-9-28(10-12-30)21-34(47-60(55,56)31-13-14-37-36(23-31)49(27(3)50)17-20-59-37)40(52)45-35(22-29-24-44-33-8-6-5-7-32(29)33)42(54)48(16-19-57-4)25-38(51)46-39/h5-14,23-24,26,34-35,39,44,47H,15-22,25H2,1-4H3,(H,43,53)(H,45,52)(H,46,51)/t34-,35-,39-/m0/s1. The fourth-order valence-electron chi connectivity index (χ4n) is 7.15. The molecule has 60 heavy (non-hydrogen) atoms. The third-order valence-electron chi connectivity index (χ3n) is 10.3. The first kappa shape index (κ1) is 43.6. The molecule has 0 fully saturated rings. The number of carbonyl (C=O) groups excluding carboxylic acids is 5. The lowest BCUT2D eigenvalue weighted by atomic mass is 10.0. The average Bonchev–Trinajstić information content (AvgIpc) is 3.64. The largest absolute Gasteiger partial charge is 0.492 e. The number of carbonyl (C=O) groups is 5. The summed E-state index contributed by atoms with van der Waals surface area (Å²) < 4.78 is 47.7. The Balaban J connectivity index is 1.39. The van der Waals surface area contributed by atoms with Gasteiger partial charge in [0.1, 0.15) is 42.8 Å². The van der Waals surface area contributed by atoms with Crippen molar-refractivity contribution in [3.8, 4) is 11.5 Å². The van der Waals surface area contributed by atoms with E-state index in [0.717, 1.165) is 10.9 Å². The second kappa shape index (κ2) is 19.4. The minimum absolute atomic E-state index is 0.0338. The fourth-order valence-corrected chi connectivity index (χ4v) is 8.37. The Morgan fingerprint density at radius 2 is 1.73 bits per heavy atom. The summed E-state index contributed by atoms with van der Waals surface area (Å²) in [6, 6.07) is 14.6. The highest BCUT2D eigenvalue weighted by Gasteiger charge is 2.34. The molecular formula is C42H51N7O10S. The smallest absolute Gasteiger partial charge is 0.246 e. The highest BCUT2D eigenvalue weighted by Crippen LogP contribution is 2.34. The van der Waals surface area contributed by atoms with Crippen LogP contribution in [0.4, 0.5) is 5.69 Å². The highest BCUT2D eigenvalue weighted by molar-refractivity contribution is 7.89. The number of methoxy groups -OCH3 is 1. The Kier molecular flexibility index (Phi) is 14.1. The number of H-pyrrole nitrogens is 1. The molecule has 18 heteroatoms. The molecule has 0 aliphatic carbocycles. The number of hydrogen-bond acceptors (Lipinski definition) is 10. The van der Waals surface area contributed by atoms with Gasteiger partial charge in [0.2, 0.25) is 39.6 Å². The van der Waals surface area contributed by atoms with E-state index in [4.69, 9.17) is 14.2 Å². The summed E-state index contributed by atoms with van der Waals surface area (Å²) in [6.07, 6.45) is 1.55. The number of aromatic nitrogens is 1. The van der Waals surface area contributed by atoms with Crippen molar-refractivity contribution >= 4 is 56.1 Å². The maximum absolute atomic E-state index is 14.7. The molecule has 17 nitrogen and oxygen atoms in total. The van der Waals surface area contributed by atoms with Gasteiger partial charge in [-0.05, 0) is 59.9 Å². The van der Waals surface area contributed by atoms with Crippen LogP contribution in [0, 0.1) is 5.92 Å². The van der Waals surface area contributed by atoms with Crippen LogP contribution in [0.15, 0.2) is 77.8 Å². The number of amides is 5. The summed E-state index contributed by atoms with van der Waals surface area (Å²) >= 11 is 0. The van der Waals surface area contributed by atoms with Crippen molar-refractivity contribution in [1.29, 1.82) is 0 Å². The van der Waals surface area contributed by atoms with Gasteiger partial charge in [0.25, 0.3) is 0 Å². The van der Waals surface area contributed by atoms with Gasteiger partial charge in [0.15, 0.2) is 0 Å². The van der Waals surface area contributed by atoms with Crippen molar-refractivity contribution < 1.29 is 46.6 Å². The van der Waals surface area contributed by atoms with Gasteiger partial charge in [-0.1, -0.05) is 44.2 Å². The van der Waals surface area contributed by atoms with Gasteiger partial charge >= 0.3 is 0 Å². The zero-order valence-corrected chi connectivity index (χ0v) is 34.8. The summed E-state index contributed by atoms with van der Waals surface area (Å²) in [5.41, 5.74) is 2.32. The summed E-state index contributed by atoms with van der Waals surface area (Å²) in [5.74, 6) is -2.28.